The topological polar surface area (TPSA) is 57.8 Å². The molecule has 1 aromatic heterocycles. The number of H-pyrrole nitrogens is 1. The van der Waals surface area contributed by atoms with Gasteiger partial charge in [-0.25, -0.2) is 4.98 Å². The van der Waals surface area contributed by atoms with E-state index in [0.717, 1.165) is 5.69 Å². The fraction of sp³-hybridized carbons (Fsp3) is 0.143. The number of hydrogen-bond donors (Lipinski definition) is 2. The van der Waals surface area contributed by atoms with Crippen LogP contribution in [0.15, 0.2) is 36.8 Å². The maximum atomic E-state index is 11.6. The molecule has 0 saturated carbocycles. The number of carbonyl (C=O) groups excluding carboxylic acids is 1. The van der Waals surface area contributed by atoms with Crippen LogP contribution < -0.4 is 5.32 Å². The van der Waals surface area contributed by atoms with Crippen molar-refractivity contribution in [3.8, 4) is 0 Å². The highest BCUT2D eigenvalue weighted by atomic mass is 35.5. The minimum Gasteiger partial charge on any atom is -0.352 e. The Morgan fingerprint density at radius 1 is 1.40 bits per heavy atom. The largest absolute Gasteiger partial charge is 0.352 e. The van der Waals surface area contributed by atoms with Gasteiger partial charge in [-0.3, -0.25) is 4.79 Å². The van der Waals surface area contributed by atoms with Crippen molar-refractivity contribution in [1.29, 1.82) is 0 Å². The zero-order valence-corrected chi connectivity index (χ0v) is 12.1. The molecule has 0 aliphatic heterocycles. The highest BCUT2D eigenvalue weighted by Crippen LogP contribution is 2.21. The van der Waals surface area contributed by atoms with Gasteiger partial charge < -0.3 is 10.3 Å². The van der Waals surface area contributed by atoms with Gasteiger partial charge in [0.2, 0.25) is 5.91 Å². The standard InChI is InChI=1S/C14H13Cl2N3O/c15-11-2-3-13(16)10(7-11)1-4-14(20)18-6-5-12-8-17-9-19-12/h1-4,7-9H,5-6H2,(H,17,19)(H,18,20). The number of imidazole rings is 1. The van der Waals surface area contributed by atoms with Crippen LogP contribution in [0.25, 0.3) is 6.08 Å². The second-order valence-corrected chi connectivity index (χ2v) is 4.96. The molecule has 0 radical (unpaired) electrons. The lowest BCUT2D eigenvalue weighted by Crippen LogP contribution is -2.23. The molecule has 0 fully saturated rings. The van der Waals surface area contributed by atoms with Gasteiger partial charge in [0.1, 0.15) is 0 Å². The molecule has 4 nitrogen and oxygen atoms in total. The van der Waals surface area contributed by atoms with Crippen molar-refractivity contribution in [2.45, 2.75) is 6.42 Å². The van der Waals surface area contributed by atoms with Crippen LogP contribution >= 0.6 is 23.2 Å². The quantitative estimate of drug-likeness (QED) is 0.834. The summed E-state index contributed by atoms with van der Waals surface area (Å²) in [7, 11) is 0. The molecule has 0 aliphatic carbocycles. The summed E-state index contributed by atoms with van der Waals surface area (Å²) in [5, 5.41) is 3.90. The average molecular weight is 310 g/mol. The van der Waals surface area contributed by atoms with E-state index in [-0.39, 0.29) is 5.91 Å². The Morgan fingerprint density at radius 2 is 2.25 bits per heavy atom. The molecule has 1 amide bonds. The first kappa shape index (κ1) is 14.6. The van der Waals surface area contributed by atoms with E-state index in [4.69, 9.17) is 23.2 Å². The number of rotatable bonds is 5. The maximum absolute atomic E-state index is 11.6. The second kappa shape index (κ2) is 7.12. The lowest BCUT2D eigenvalue weighted by atomic mass is 10.2. The van der Waals surface area contributed by atoms with Crippen LogP contribution in [0.2, 0.25) is 10.0 Å². The Labute approximate surface area is 126 Å². The number of amides is 1. The van der Waals surface area contributed by atoms with Gasteiger partial charge in [-0.15, -0.1) is 0 Å². The normalized spacial score (nSPS) is 10.9. The molecule has 0 unspecified atom stereocenters. The van der Waals surface area contributed by atoms with Gasteiger partial charge in [0.05, 0.1) is 6.33 Å². The van der Waals surface area contributed by atoms with Gasteiger partial charge in [0.25, 0.3) is 0 Å². The molecule has 1 heterocycles. The average Bonchev–Trinajstić information content (AvgIpc) is 2.93. The molecule has 0 saturated heterocycles. The molecule has 0 spiro atoms. The summed E-state index contributed by atoms with van der Waals surface area (Å²) in [5.74, 6) is -0.180. The third kappa shape index (κ3) is 4.40. The number of benzene rings is 1. The summed E-state index contributed by atoms with van der Waals surface area (Å²) in [6, 6.07) is 5.10. The predicted octanol–water partition coefficient (Wildman–Crippen LogP) is 3.09. The van der Waals surface area contributed by atoms with Crippen molar-refractivity contribution in [2.24, 2.45) is 0 Å². The fourth-order valence-electron chi connectivity index (χ4n) is 1.61. The van der Waals surface area contributed by atoms with Gasteiger partial charge in [-0.1, -0.05) is 23.2 Å². The molecule has 2 rings (SSSR count). The van der Waals surface area contributed by atoms with Crippen LogP contribution in [-0.4, -0.2) is 22.4 Å². The molecule has 2 aromatic rings. The molecule has 0 aliphatic rings. The molecule has 1 aromatic carbocycles. The molecular formula is C14H13Cl2N3O. The predicted molar refractivity (Wildman–Crippen MR) is 80.8 cm³/mol. The Kier molecular flexibility index (Phi) is 5.21. The third-order valence-electron chi connectivity index (χ3n) is 2.62. The minimum absolute atomic E-state index is 0.180. The summed E-state index contributed by atoms with van der Waals surface area (Å²) < 4.78 is 0. The van der Waals surface area contributed by atoms with E-state index >= 15 is 0 Å². The first-order valence-corrected chi connectivity index (χ1v) is 6.79. The van der Waals surface area contributed by atoms with Crippen molar-refractivity contribution in [2.75, 3.05) is 6.54 Å². The smallest absolute Gasteiger partial charge is 0.244 e. The fourth-order valence-corrected chi connectivity index (χ4v) is 1.97. The zero-order valence-electron chi connectivity index (χ0n) is 10.6. The lowest BCUT2D eigenvalue weighted by molar-refractivity contribution is -0.116. The number of carbonyl (C=O) groups is 1. The van der Waals surface area contributed by atoms with Gasteiger partial charge in [0.15, 0.2) is 0 Å². The Morgan fingerprint density at radius 3 is 3.00 bits per heavy atom. The van der Waals surface area contributed by atoms with Crippen LogP contribution in [0, 0.1) is 0 Å². The molecule has 6 heteroatoms. The number of nitrogens with one attached hydrogen (secondary N) is 2. The Hall–Kier alpha value is -1.78. The molecule has 0 atom stereocenters. The van der Waals surface area contributed by atoms with Crippen LogP contribution in [0.1, 0.15) is 11.3 Å². The van der Waals surface area contributed by atoms with E-state index in [1.165, 1.54) is 6.08 Å². The summed E-state index contributed by atoms with van der Waals surface area (Å²) in [4.78, 5) is 18.5. The second-order valence-electron chi connectivity index (χ2n) is 4.12. The van der Waals surface area contributed by atoms with E-state index in [9.17, 15) is 4.79 Å². The van der Waals surface area contributed by atoms with Crippen LogP contribution in [0.3, 0.4) is 0 Å². The first-order chi connectivity index (χ1) is 9.65. The molecule has 20 heavy (non-hydrogen) atoms. The van der Waals surface area contributed by atoms with E-state index in [2.05, 4.69) is 15.3 Å². The Balaban J connectivity index is 1.84. The molecule has 0 bridgehead atoms. The summed E-state index contributed by atoms with van der Waals surface area (Å²) in [6.07, 6.45) is 7.12. The lowest BCUT2D eigenvalue weighted by Gasteiger charge is -2.01. The van der Waals surface area contributed by atoms with Crippen molar-refractivity contribution in [3.63, 3.8) is 0 Å². The van der Waals surface area contributed by atoms with Gasteiger partial charge in [0, 0.05) is 41.0 Å². The maximum Gasteiger partial charge on any atom is 0.244 e. The highest BCUT2D eigenvalue weighted by Gasteiger charge is 2.00. The van der Waals surface area contributed by atoms with Crippen LogP contribution in [0.5, 0.6) is 0 Å². The summed E-state index contributed by atoms with van der Waals surface area (Å²) in [5.41, 5.74) is 1.69. The van der Waals surface area contributed by atoms with Crippen molar-refractivity contribution >= 4 is 35.2 Å². The number of aromatic amines is 1. The van der Waals surface area contributed by atoms with Crippen molar-refractivity contribution < 1.29 is 4.79 Å². The highest BCUT2D eigenvalue weighted by molar-refractivity contribution is 6.34. The zero-order chi connectivity index (χ0) is 14.4. The van der Waals surface area contributed by atoms with Crippen molar-refractivity contribution in [3.05, 3.63) is 58.1 Å². The minimum atomic E-state index is -0.180. The summed E-state index contributed by atoms with van der Waals surface area (Å²) >= 11 is 11.9. The van der Waals surface area contributed by atoms with Crippen LogP contribution in [-0.2, 0) is 11.2 Å². The van der Waals surface area contributed by atoms with E-state index < -0.39 is 0 Å². The SMILES string of the molecule is O=C(C=Cc1cc(Cl)ccc1Cl)NCCc1cnc[nH]1. The van der Waals surface area contributed by atoms with Crippen LogP contribution in [0.4, 0.5) is 0 Å². The van der Waals surface area contributed by atoms with Gasteiger partial charge in [-0.05, 0) is 29.8 Å². The monoisotopic (exact) mass is 309 g/mol. The van der Waals surface area contributed by atoms with Gasteiger partial charge in [-0.2, -0.15) is 0 Å². The van der Waals surface area contributed by atoms with Crippen molar-refractivity contribution in [1.82, 2.24) is 15.3 Å². The third-order valence-corrected chi connectivity index (χ3v) is 3.20. The van der Waals surface area contributed by atoms with E-state index in [1.807, 2.05) is 0 Å². The number of hydrogen-bond acceptors (Lipinski definition) is 2. The first-order valence-electron chi connectivity index (χ1n) is 6.03. The number of aromatic nitrogens is 2. The molecular weight excluding hydrogens is 297 g/mol. The van der Waals surface area contributed by atoms with E-state index in [1.54, 1.807) is 36.8 Å². The summed E-state index contributed by atoms with van der Waals surface area (Å²) in [6.45, 7) is 0.536. The number of halogens is 2. The molecule has 104 valence electrons. The molecule has 2 N–H and O–H groups in total. The number of nitrogens with zero attached hydrogens (tertiary/aromatic N) is 1. The van der Waals surface area contributed by atoms with E-state index in [0.29, 0.717) is 28.6 Å². The Bertz CT molecular complexity index is 609. The van der Waals surface area contributed by atoms with Gasteiger partial charge >= 0.3 is 0 Å².